The number of carbonyl (C=O) groups excluding carboxylic acids is 2. The van der Waals surface area contributed by atoms with Gasteiger partial charge < -0.3 is 9.47 Å². The maximum Gasteiger partial charge on any atom is 0.343 e. The maximum absolute atomic E-state index is 12.2. The first kappa shape index (κ1) is 17.7. The molecule has 0 spiro atoms. The Morgan fingerprint density at radius 1 is 0.875 bits per heavy atom. The lowest BCUT2D eigenvalue weighted by atomic mass is 10.1. The van der Waals surface area contributed by atoms with Crippen LogP contribution in [-0.2, 0) is 4.74 Å². The number of hydrogen-bond acceptors (Lipinski definition) is 4. The van der Waals surface area contributed by atoms with Crippen molar-refractivity contribution in [3.63, 3.8) is 0 Å². The van der Waals surface area contributed by atoms with Crippen LogP contribution in [0, 0.1) is 13.8 Å². The van der Waals surface area contributed by atoms with Gasteiger partial charge in [0.2, 0.25) is 0 Å². The van der Waals surface area contributed by atoms with Crippen LogP contribution in [0.5, 0.6) is 5.75 Å². The Balaban J connectivity index is 2.01. The molecule has 0 aliphatic carbocycles. The Morgan fingerprint density at radius 2 is 1.42 bits per heavy atom. The van der Waals surface area contributed by atoms with Crippen molar-refractivity contribution in [2.24, 2.45) is 0 Å². The fourth-order valence-corrected chi connectivity index (χ4v) is 2.29. The van der Waals surface area contributed by atoms with Crippen molar-refractivity contribution >= 4 is 11.9 Å². The normalized spacial score (nSPS) is 10.3. The zero-order chi connectivity index (χ0) is 17.5. The SMILES string of the molecule is CCCCOC(=O)c1ccc(C(=O)Oc2cc(C)cc(C)c2)cc1. The minimum atomic E-state index is -0.453. The molecule has 24 heavy (non-hydrogen) atoms. The van der Waals surface area contributed by atoms with E-state index < -0.39 is 5.97 Å². The molecule has 0 saturated heterocycles. The number of esters is 2. The van der Waals surface area contributed by atoms with Gasteiger partial charge in [-0.1, -0.05) is 19.4 Å². The fraction of sp³-hybridized carbons (Fsp3) is 0.300. The van der Waals surface area contributed by atoms with E-state index >= 15 is 0 Å². The van der Waals surface area contributed by atoms with E-state index in [4.69, 9.17) is 9.47 Å². The quantitative estimate of drug-likeness (QED) is 0.446. The van der Waals surface area contributed by atoms with Gasteiger partial charge >= 0.3 is 11.9 Å². The first-order chi connectivity index (χ1) is 11.5. The summed E-state index contributed by atoms with van der Waals surface area (Å²) in [5, 5.41) is 0. The summed E-state index contributed by atoms with van der Waals surface area (Å²) in [4.78, 5) is 24.0. The van der Waals surface area contributed by atoms with Crippen LogP contribution in [0.4, 0.5) is 0 Å². The highest BCUT2D eigenvalue weighted by molar-refractivity contribution is 5.94. The molecule has 0 N–H and O–H groups in total. The van der Waals surface area contributed by atoms with Crippen LogP contribution in [0.15, 0.2) is 42.5 Å². The summed E-state index contributed by atoms with van der Waals surface area (Å²) in [6, 6.07) is 11.9. The maximum atomic E-state index is 12.2. The minimum absolute atomic E-state index is 0.377. The molecule has 0 unspecified atom stereocenters. The van der Waals surface area contributed by atoms with E-state index in [1.165, 1.54) is 0 Å². The highest BCUT2D eigenvalue weighted by Crippen LogP contribution is 2.18. The Labute approximate surface area is 142 Å². The Morgan fingerprint density at radius 3 is 1.96 bits per heavy atom. The third-order valence-corrected chi connectivity index (χ3v) is 3.49. The van der Waals surface area contributed by atoms with Crippen LogP contribution < -0.4 is 4.74 Å². The summed E-state index contributed by atoms with van der Waals surface area (Å²) < 4.78 is 10.5. The van der Waals surface area contributed by atoms with E-state index in [-0.39, 0.29) is 5.97 Å². The van der Waals surface area contributed by atoms with E-state index in [1.54, 1.807) is 24.3 Å². The van der Waals surface area contributed by atoms with Crippen molar-refractivity contribution in [2.45, 2.75) is 33.6 Å². The van der Waals surface area contributed by atoms with Gasteiger partial charge in [0.15, 0.2) is 0 Å². The molecule has 0 bridgehead atoms. The molecule has 0 fully saturated rings. The zero-order valence-corrected chi connectivity index (χ0v) is 14.3. The Bertz CT molecular complexity index is 697. The molecule has 2 aromatic rings. The number of rotatable bonds is 6. The highest BCUT2D eigenvalue weighted by atomic mass is 16.5. The predicted molar refractivity (Wildman–Crippen MR) is 92.5 cm³/mol. The highest BCUT2D eigenvalue weighted by Gasteiger charge is 2.12. The number of unbranched alkanes of at least 4 members (excludes halogenated alkanes) is 1. The summed E-state index contributed by atoms with van der Waals surface area (Å²) in [6.07, 6.45) is 1.81. The van der Waals surface area contributed by atoms with Gasteiger partial charge in [0.1, 0.15) is 5.75 Å². The first-order valence-corrected chi connectivity index (χ1v) is 8.07. The second kappa shape index (κ2) is 8.29. The minimum Gasteiger partial charge on any atom is -0.462 e. The van der Waals surface area contributed by atoms with E-state index in [2.05, 4.69) is 0 Å². The summed E-state index contributed by atoms with van der Waals surface area (Å²) in [6.45, 7) is 6.34. The van der Waals surface area contributed by atoms with Crippen molar-refractivity contribution in [2.75, 3.05) is 6.61 Å². The monoisotopic (exact) mass is 326 g/mol. The van der Waals surface area contributed by atoms with E-state index in [9.17, 15) is 9.59 Å². The predicted octanol–water partition coefficient (Wildman–Crippen LogP) is 4.48. The van der Waals surface area contributed by atoms with Crippen LogP contribution in [0.2, 0.25) is 0 Å². The molecule has 0 aromatic heterocycles. The van der Waals surface area contributed by atoms with Gasteiger partial charge in [0.25, 0.3) is 0 Å². The molecule has 0 amide bonds. The third kappa shape index (κ3) is 4.95. The zero-order valence-electron chi connectivity index (χ0n) is 14.3. The lowest BCUT2D eigenvalue weighted by molar-refractivity contribution is 0.0499. The molecule has 0 heterocycles. The van der Waals surface area contributed by atoms with Crippen LogP contribution >= 0.6 is 0 Å². The van der Waals surface area contributed by atoms with Gasteiger partial charge in [-0.05, 0) is 67.8 Å². The number of aryl methyl sites for hydroxylation is 2. The topological polar surface area (TPSA) is 52.6 Å². The van der Waals surface area contributed by atoms with Crippen molar-refractivity contribution in [1.29, 1.82) is 0 Å². The second-order valence-corrected chi connectivity index (χ2v) is 5.78. The molecular weight excluding hydrogens is 304 g/mol. The Hall–Kier alpha value is -2.62. The standard InChI is InChI=1S/C20H22O4/c1-4-5-10-23-19(21)16-6-8-17(9-7-16)20(22)24-18-12-14(2)11-15(3)13-18/h6-9,11-13H,4-5,10H2,1-3H3. The summed E-state index contributed by atoms with van der Waals surface area (Å²) in [7, 11) is 0. The van der Waals surface area contributed by atoms with Gasteiger partial charge in [-0.25, -0.2) is 9.59 Å². The van der Waals surface area contributed by atoms with Crippen molar-refractivity contribution < 1.29 is 19.1 Å². The lowest BCUT2D eigenvalue weighted by Gasteiger charge is -2.07. The van der Waals surface area contributed by atoms with Gasteiger partial charge in [-0.3, -0.25) is 0 Å². The van der Waals surface area contributed by atoms with Crippen LogP contribution in [0.25, 0.3) is 0 Å². The average Bonchev–Trinajstić information content (AvgIpc) is 2.54. The number of ether oxygens (including phenoxy) is 2. The average molecular weight is 326 g/mol. The molecule has 0 aliphatic heterocycles. The summed E-state index contributed by atoms with van der Waals surface area (Å²) >= 11 is 0. The largest absolute Gasteiger partial charge is 0.462 e. The molecule has 126 valence electrons. The van der Waals surface area contributed by atoms with E-state index in [0.717, 1.165) is 24.0 Å². The first-order valence-electron chi connectivity index (χ1n) is 8.07. The van der Waals surface area contributed by atoms with Crippen molar-refractivity contribution in [3.05, 3.63) is 64.7 Å². The van der Waals surface area contributed by atoms with E-state index in [0.29, 0.717) is 23.5 Å². The van der Waals surface area contributed by atoms with Crippen LogP contribution in [-0.4, -0.2) is 18.5 Å². The van der Waals surface area contributed by atoms with E-state index in [1.807, 2.05) is 39.0 Å². The lowest BCUT2D eigenvalue weighted by Crippen LogP contribution is -2.10. The second-order valence-electron chi connectivity index (χ2n) is 5.78. The molecular formula is C20H22O4. The molecule has 2 rings (SSSR count). The van der Waals surface area contributed by atoms with Gasteiger partial charge in [-0.15, -0.1) is 0 Å². The number of hydrogen-bond donors (Lipinski definition) is 0. The summed E-state index contributed by atoms with van der Waals surface area (Å²) in [5.41, 5.74) is 2.87. The molecule has 0 atom stereocenters. The fourth-order valence-electron chi connectivity index (χ4n) is 2.29. The van der Waals surface area contributed by atoms with Gasteiger partial charge in [0.05, 0.1) is 17.7 Å². The molecule has 0 aliphatic rings. The van der Waals surface area contributed by atoms with Crippen molar-refractivity contribution in [3.8, 4) is 5.75 Å². The van der Waals surface area contributed by atoms with Gasteiger partial charge in [0, 0.05) is 0 Å². The number of carbonyl (C=O) groups is 2. The van der Waals surface area contributed by atoms with Crippen molar-refractivity contribution in [1.82, 2.24) is 0 Å². The third-order valence-electron chi connectivity index (χ3n) is 3.49. The van der Waals surface area contributed by atoms with Crippen LogP contribution in [0.3, 0.4) is 0 Å². The van der Waals surface area contributed by atoms with Gasteiger partial charge in [-0.2, -0.15) is 0 Å². The molecule has 0 radical (unpaired) electrons. The Kier molecular flexibility index (Phi) is 6.13. The number of benzene rings is 2. The van der Waals surface area contributed by atoms with Crippen LogP contribution in [0.1, 0.15) is 51.6 Å². The summed E-state index contributed by atoms with van der Waals surface area (Å²) in [5.74, 6) is -0.316. The molecule has 4 heteroatoms. The smallest absolute Gasteiger partial charge is 0.343 e. The molecule has 4 nitrogen and oxygen atoms in total. The molecule has 2 aromatic carbocycles. The molecule has 0 saturated carbocycles.